The van der Waals surface area contributed by atoms with Gasteiger partial charge in [-0.2, -0.15) is 36.4 Å². The van der Waals surface area contributed by atoms with Gasteiger partial charge in [0.15, 0.2) is 0 Å². The second-order valence-electron chi connectivity index (χ2n) is 11.6. The van der Waals surface area contributed by atoms with Crippen LogP contribution in [0.2, 0.25) is 0 Å². The molecule has 6 aromatic carbocycles. The maximum absolute atomic E-state index is 6.40. The van der Waals surface area contributed by atoms with Crippen molar-refractivity contribution in [3.8, 4) is 45.3 Å². The average molecular weight is 958 g/mol. The van der Waals surface area contributed by atoms with Gasteiger partial charge in [0.1, 0.15) is 11.2 Å². The predicted molar refractivity (Wildman–Crippen MR) is 198 cm³/mol. The first-order valence-electron chi connectivity index (χ1n) is 15.2. The molecule has 0 saturated heterocycles. The zero-order chi connectivity index (χ0) is 31.5. The standard InChI is InChI=1S/C41H26IN3O2.U/c1-42(2)30-18-21-34-33-20-17-29(23-37(33)47-38(34)24-30)41-44-39(27-14-12-26(13-15-27)25-8-4-3-5-9-25)43-40(45-41)28-16-19-32-31-10-6-7-11-35(31)46-36(32)22-28;/h3-8,10-12,14-24H,1-2H3;/q-2;+2. The maximum Gasteiger partial charge on any atom is 2.00 e. The van der Waals surface area contributed by atoms with Crippen LogP contribution in [0.4, 0.5) is 0 Å². The molecular formula is C41H26IN3O2U. The Kier molecular flexibility index (Phi) is 8.16. The molecule has 5 nitrogen and oxygen atoms in total. The van der Waals surface area contributed by atoms with Gasteiger partial charge in [-0.3, -0.25) is 0 Å². The van der Waals surface area contributed by atoms with E-state index in [1.807, 2.05) is 78.9 Å². The first-order chi connectivity index (χ1) is 23.1. The summed E-state index contributed by atoms with van der Waals surface area (Å²) >= 11 is -1.13. The summed E-state index contributed by atoms with van der Waals surface area (Å²) in [4.78, 5) is 19.7. The summed E-state index contributed by atoms with van der Waals surface area (Å²) in [6, 6.07) is 47.6. The van der Waals surface area contributed by atoms with Gasteiger partial charge in [0, 0.05) is 10.8 Å². The minimum Gasteiger partial charge on any atom is 2.00 e. The molecule has 48 heavy (non-hydrogen) atoms. The van der Waals surface area contributed by atoms with Gasteiger partial charge >= 0.3 is 200 Å². The number of hydrogen-bond donors (Lipinski definition) is 0. The number of alkyl halides is 2. The molecule has 0 fully saturated rings. The van der Waals surface area contributed by atoms with E-state index < -0.39 is 19.8 Å². The summed E-state index contributed by atoms with van der Waals surface area (Å²) in [5.74, 6) is 1.69. The van der Waals surface area contributed by atoms with E-state index >= 15 is 0 Å². The number of furan rings is 2. The van der Waals surface area contributed by atoms with E-state index in [-0.39, 0.29) is 31.1 Å². The van der Waals surface area contributed by atoms with Crippen LogP contribution < -0.4 is 0 Å². The van der Waals surface area contributed by atoms with Crippen LogP contribution in [0.25, 0.3) is 89.2 Å². The average Bonchev–Trinajstić information content (AvgIpc) is 3.69. The van der Waals surface area contributed by atoms with Crippen molar-refractivity contribution in [1.29, 1.82) is 0 Å². The molecule has 0 aliphatic carbocycles. The van der Waals surface area contributed by atoms with Crippen molar-refractivity contribution in [2.75, 3.05) is 9.86 Å². The van der Waals surface area contributed by atoms with E-state index in [1.54, 1.807) is 0 Å². The van der Waals surface area contributed by atoms with Crippen molar-refractivity contribution in [2.24, 2.45) is 0 Å². The van der Waals surface area contributed by atoms with Gasteiger partial charge in [0.05, 0.1) is 0 Å². The molecule has 0 saturated carbocycles. The molecule has 0 aliphatic heterocycles. The fourth-order valence-electron chi connectivity index (χ4n) is 6.05. The van der Waals surface area contributed by atoms with Gasteiger partial charge < -0.3 is 4.42 Å². The van der Waals surface area contributed by atoms with Crippen molar-refractivity contribution >= 4 is 63.7 Å². The molecule has 0 radical (unpaired) electrons. The van der Waals surface area contributed by atoms with Crippen LogP contribution in [0.3, 0.4) is 0 Å². The Bertz CT molecular complexity index is 2610. The van der Waals surface area contributed by atoms with E-state index in [1.165, 1.54) is 3.57 Å². The summed E-state index contributed by atoms with van der Waals surface area (Å²) in [5.41, 5.74) is 7.85. The molecular weight excluding hydrogens is 931 g/mol. The summed E-state index contributed by atoms with van der Waals surface area (Å²) in [6.07, 6.45) is 0. The third kappa shape index (κ3) is 5.54. The topological polar surface area (TPSA) is 65.0 Å². The minimum atomic E-state index is -1.13. The molecule has 0 N–H and O–H groups in total. The fraction of sp³-hybridized carbons (Fsp3) is 0.0488. The number of nitrogens with zero attached hydrogens (tertiary/aromatic N) is 3. The third-order valence-electron chi connectivity index (χ3n) is 8.47. The second-order valence-corrected chi connectivity index (χ2v) is 17.2. The largest absolute Gasteiger partial charge is 2.00 e. The molecule has 0 bridgehead atoms. The van der Waals surface area contributed by atoms with E-state index in [4.69, 9.17) is 23.8 Å². The van der Waals surface area contributed by atoms with Gasteiger partial charge in [0.25, 0.3) is 0 Å². The predicted octanol–water partition coefficient (Wildman–Crippen LogP) is 10.9. The van der Waals surface area contributed by atoms with E-state index in [0.29, 0.717) is 17.5 Å². The van der Waals surface area contributed by atoms with Gasteiger partial charge in [-0.15, -0.1) is 6.07 Å². The van der Waals surface area contributed by atoms with Crippen LogP contribution in [0.5, 0.6) is 0 Å². The van der Waals surface area contributed by atoms with Crippen LogP contribution in [0.1, 0.15) is 0 Å². The van der Waals surface area contributed by atoms with E-state index in [9.17, 15) is 0 Å². The van der Waals surface area contributed by atoms with E-state index in [0.717, 1.165) is 71.7 Å². The molecule has 9 aromatic rings. The van der Waals surface area contributed by atoms with Gasteiger partial charge in [-0.1, -0.05) is 18.2 Å². The zero-order valence-electron chi connectivity index (χ0n) is 26.1. The van der Waals surface area contributed by atoms with Gasteiger partial charge in [-0.05, 0) is 12.1 Å². The Morgan fingerprint density at radius 1 is 0.500 bits per heavy atom. The number of para-hydroxylation sites is 1. The molecule has 3 aromatic heterocycles. The van der Waals surface area contributed by atoms with Crippen LogP contribution in [0, 0.1) is 46.8 Å². The van der Waals surface area contributed by atoms with Crippen molar-refractivity contribution in [2.45, 2.75) is 0 Å². The second kappa shape index (κ2) is 12.6. The van der Waals surface area contributed by atoms with E-state index in [2.05, 4.69) is 64.5 Å². The molecule has 7 heteroatoms. The monoisotopic (exact) mass is 957 g/mol. The summed E-state index contributed by atoms with van der Waals surface area (Å²) < 4.78 is 14.0. The first-order valence-corrected chi connectivity index (χ1v) is 20.6. The summed E-state index contributed by atoms with van der Waals surface area (Å²) in [5, 5.41) is 4.34. The molecule has 0 aliphatic rings. The molecule has 0 unspecified atom stereocenters. The summed E-state index contributed by atoms with van der Waals surface area (Å²) in [7, 11) is 0. The Labute approximate surface area is 308 Å². The molecule has 0 atom stereocenters. The van der Waals surface area contributed by atoms with Crippen molar-refractivity contribution in [3.05, 3.63) is 137 Å². The van der Waals surface area contributed by atoms with Crippen LogP contribution in [-0.2, 0) is 0 Å². The molecule has 228 valence electrons. The Morgan fingerprint density at radius 3 is 1.67 bits per heavy atom. The molecule has 0 amide bonds. The fourth-order valence-corrected chi connectivity index (χ4v) is 7.85. The molecule has 9 rings (SSSR count). The van der Waals surface area contributed by atoms with Crippen LogP contribution in [0.15, 0.2) is 130 Å². The number of halogens is 1. The number of hydrogen-bond acceptors (Lipinski definition) is 5. The maximum atomic E-state index is 6.40. The number of aromatic nitrogens is 3. The van der Waals surface area contributed by atoms with Crippen molar-refractivity contribution in [1.82, 2.24) is 15.0 Å². The third-order valence-corrected chi connectivity index (χ3v) is 11.6. The van der Waals surface area contributed by atoms with Gasteiger partial charge in [-0.25, -0.2) is 11.1 Å². The Hall–Kier alpha value is -4.29. The molecule has 3 heterocycles. The van der Waals surface area contributed by atoms with Crippen LogP contribution in [-0.4, -0.2) is 24.8 Å². The number of rotatable bonds is 5. The minimum absolute atomic E-state index is 0. The Balaban J connectivity index is 0.00000336. The van der Waals surface area contributed by atoms with Crippen LogP contribution >= 0.6 is 19.8 Å². The summed E-state index contributed by atoms with van der Waals surface area (Å²) in [6.45, 7) is 0. The quantitative estimate of drug-likeness (QED) is 0.0977. The smallest absolute Gasteiger partial charge is 2.00 e. The van der Waals surface area contributed by atoms with Crippen molar-refractivity contribution in [3.63, 3.8) is 0 Å². The zero-order valence-corrected chi connectivity index (χ0v) is 32.4. The van der Waals surface area contributed by atoms with Crippen molar-refractivity contribution < 1.29 is 39.9 Å². The SMILES string of the molecule is CI(C)c1ccc2c(c1)oc1cc(-c3nc(-c4c[c-]c(-c5[c-]cccc5)cc4)nc(-c4ccc5c(c4)oc4ccccc45)n3)ccc12.[U+2]. The first kappa shape index (κ1) is 31.0. The number of benzene rings is 6. The van der Waals surface area contributed by atoms with Gasteiger partial charge in [0.2, 0.25) is 0 Å². The normalized spacial score (nSPS) is 11.8. The molecule has 0 spiro atoms. The Morgan fingerprint density at radius 2 is 1.04 bits per heavy atom. The number of fused-ring (bicyclic) bond motifs is 6.